The first kappa shape index (κ1) is 16.1. The molecular formula is C18H24N6O. The summed E-state index contributed by atoms with van der Waals surface area (Å²) in [5.41, 5.74) is 5.17. The van der Waals surface area contributed by atoms with Crippen molar-refractivity contribution in [3.05, 3.63) is 40.5 Å². The van der Waals surface area contributed by atoms with Gasteiger partial charge in [-0.1, -0.05) is 5.16 Å². The molecule has 0 amide bonds. The Morgan fingerprint density at radius 2 is 1.76 bits per heavy atom. The summed E-state index contributed by atoms with van der Waals surface area (Å²) >= 11 is 0. The van der Waals surface area contributed by atoms with Crippen molar-refractivity contribution in [1.82, 2.24) is 24.7 Å². The fourth-order valence-electron chi connectivity index (χ4n) is 3.51. The van der Waals surface area contributed by atoms with E-state index in [0.29, 0.717) is 0 Å². The Labute approximate surface area is 147 Å². The molecule has 0 aliphatic carbocycles. The number of fused-ring (bicyclic) bond motifs is 1. The van der Waals surface area contributed by atoms with E-state index in [1.807, 2.05) is 38.3 Å². The lowest BCUT2D eigenvalue weighted by molar-refractivity contribution is 0.247. The third kappa shape index (κ3) is 3.00. The van der Waals surface area contributed by atoms with Crippen LogP contribution < -0.4 is 4.90 Å². The molecule has 1 aliphatic rings. The molecule has 25 heavy (non-hydrogen) atoms. The van der Waals surface area contributed by atoms with Gasteiger partial charge in [-0.25, -0.2) is 4.98 Å². The van der Waals surface area contributed by atoms with Gasteiger partial charge in [0.1, 0.15) is 11.6 Å². The van der Waals surface area contributed by atoms with Crippen LogP contribution in [0.25, 0.3) is 5.65 Å². The number of piperazine rings is 1. The number of nitrogens with zero attached hydrogens (tertiary/aromatic N) is 6. The number of aryl methyl sites for hydroxylation is 4. The summed E-state index contributed by atoms with van der Waals surface area (Å²) in [5, 5.41) is 8.67. The SMILES string of the molecule is Cc1cc(N2CCN(Cc3c(C)noc3C)CC2)n2nc(C)cc2n1. The molecule has 7 nitrogen and oxygen atoms in total. The zero-order chi connectivity index (χ0) is 17.6. The number of rotatable bonds is 3. The minimum atomic E-state index is 0.903. The van der Waals surface area contributed by atoms with Gasteiger partial charge in [-0.05, 0) is 27.7 Å². The topological polar surface area (TPSA) is 62.7 Å². The molecule has 1 saturated heterocycles. The maximum absolute atomic E-state index is 5.29. The van der Waals surface area contributed by atoms with E-state index in [9.17, 15) is 0 Å². The largest absolute Gasteiger partial charge is 0.361 e. The zero-order valence-electron chi connectivity index (χ0n) is 15.3. The summed E-state index contributed by atoms with van der Waals surface area (Å²) in [6.07, 6.45) is 0. The molecule has 0 atom stereocenters. The van der Waals surface area contributed by atoms with Crippen molar-refractivity contribution >= 4 is 11.5 Å². The van der Waals surface area contributed by atoms with Crippen molar-refractivity contribution in [2.45, 2.75) is 34.2 Å². The van der Waals surface area contributed by atoms with Crippen LogP contribution in [-0.2, 0) is 6.54 Å². The second-order valence-corrected chi connectivity index (χ2v) is 6.88. The number of hydrogen-bond acceptors (Lipinski definition) is 6. The Balaban J connectivity index is 1.51. The fourth-order valence-corrected chi connectivity index (χ4v) is 3.51. The lowest BCUT2D eigenvalue weighted by Crippen LogP contribution is -2.46. The van der Waals surface area contributed by atoms with Gasteiger partial charge in [0.15, 0.2) is 5.65 Å². The predicted octanol–water partition coefficient (Wildman–Crippen LogP) is 2.27. The summed E-state index contributed by atoms with van der Waals surface area (Å²) in [5.74, 6) is 2.06. The summed E-state index contributed by atoms with van der Waals surface area (Å²) in [6, 6.07) is 4.16. The number of aromatic nitrogens is 4. The van der Waals surface area contributed by atoms with E-state index in [2.05, 4.69) is 31.1 Å². The highest BCUT2D eigenvalue weighted by atomic mass is 16.5. The van der Waals surface area contributed by atoms with Crippen LogP contribution in [0.1, 0.15) is 28.4 Å². The minimum absolute atomic E-state index is 0.903. The Hall–Kier alpha value is -2.41. The van der Waals surface area contributed by atoms with Crippen LogP contribution in [-0.4, -0.2) is 50.8 Å². The van der Waals surface area contributed by atoms with Gasteiger partial charge < -0.3 is 9.42 Å². The molecule has 1 aliphatic heterocycles. The number of anilines is 1. The lowest BCUT2D eigenvalue weighted by atomic mass is 10.2. The fraction of sp³-hybridized carbons (Fsp3) is 0.500. The van der Waals surface area contributed by atoms with Crippen molar-refractivity contribution in [2.24, 2.45) is 0 Å². The summed E-state index contributed by atoms with van der Waals surface area (Å²) in [6.45, 7) is 12.9. The highest BCUT2D eigenvalue weighted by Gasteiger charge is 2.22. The molecule has 0 spiro atoms. The summed E-state index contributed by atoms with van der Waals surface area (Å²) in [4.78, 5) is 9.44. The first-order chi connectivity index (χ1) is 12.0. The van der Waals surface area contributed by atoms with Crippen molar-refractivity contribution in [3.63, 3.8) is 0 Å². The molecule has 3 aromatic rings. The molecule has 0 saturated carbocycles. The highest BCUT2D eigenvalue weighted by molar-refractivity contribution is 5.52. The van der Waals surface area contributed by atoms with Crippen LogP contribution in [0.5, 0.6) is 0 Å². The highest BCUT2D eigenvalue weighted by Crippen LogP contribution is 2.21. The molecular weight excluding hydrogens is 316 g/mol. The Morgan fingerprint density at radius 3 is 2.44 bits per heavy atom. The maximum Gasteiger partial charge on any atom is 0.157 e. The molecule has 0 aromatic carbocycles. The molecule has 0 unspecified atom stereocenters. The van der Waals surface area contributed by atoms with Crippen LogP contribution in [0.2, 0.25) is 0 Å². The van der Waals surface area contributed by atoms with Crippen molar-refractivity contribution in [1.29, 1.82) is 0 Å². The molecule has 0 N–H and O–H groups in total. The average Bonchev–Trinajstić information content (AvgIpc) is 3.11. The van der Waals surface area contributed by atoms with E-state index in [4.69, 9.17) is 4.52 Å². The van der Waals surface area contributed by atoms with Gasteiger partial charge in [0, 0.05) is 56.1 Å². The molecule has 3 aromatic heterocycles. The van der Waals surface area contributed by atoms with Gasteiger partial charge in [-0.2, -0.15) is 9.61 Å². The first-order valence-electron chi connectivity index (χ1n) is 8.74. The predicted molar refractivity (Wildman–Crippen MR) is 95.9 cm³/mol. The van der Waals surface area contributed by atoms with Gasteiger partial charge in [0.25, 0.3) is 0 Å². The Bertz CT molecular complexity index is 884. The molecule has 132 valence electrons. The summed E-state index contributed by atoms with van der Waals surface area (Å²) in [7, 11) is 0. The Kier molecular flexibility index (Phi) is 3.95. The van der Waals surface area contributed by atoms with Crippen LogP contribution >= 0.6 is 0 Å². The monoisotopic (exact) mass is 340 g/mol. The third-order valence-corrected chi connectivity index (χ3v) is 4.92. The van der Waals surface area contributed by atoms with Gasteiger partial charge in [0.2, 0.25) is 0 Å². The zero-order valence-corrected chi connectivity index (χ0v) is 15.3. The van der Waals surface area contributed by atoms with Crippen molar-refractivity contribution < 1.29 is 4.52 Å². The van der Waals surface area contributed by atoms with E-state index in [0.717, 1.165) is 67.0 Å². The normalized spacial score (nSPS) is 16.1. The second-order valence-electron chi connectivity index (χ2n) is 6.88. The van der Waals surface area contributed by atoms with E-state index in [1.54, 1.807) is 0 Å². The molecule has 4 rings (SSSR count). The maximum atomic E-state index is 5.29. The van der Waals surface area contributed by atoms with E-state index in [1.165, 1.54) is 5.56 Å². The second kappa shape index (κ2) is 6.15. The van der Waals surface area contributed by atoms with E-state index in [-0.39, 0.29) is 0 Å². The molecule has 1 fully saturated rings. The average molecular weight is 340 g/mol. The molecule has 0 bridgehead atoms. The molecule has 4 heterocycles. The smallest absolute Gasteiger partial charge is 0.157 e. The number of hydrogen-bond donors (Lipinski definition) is 0. The Morgan fingerprint density at radius 1 is 1.00 bits per heavy atom. The van der Waals surface area contributed by atoms with Crippen LogP contribution in [0.4, 0.5) is 5.82 Å². The van der Waals surface area contributed by atoms with Crippen LogP contribution in [0.15, 0.2) is 16.7 Å². The van der Waals surface area contributed by atoms with Crippen LogP contribution in [0.3, 0.4) is 0 Å². The standard InChI is InChI=1S/C18H24N6O/c1-12-10-18(24-17(19-12)9-13(2)20-24)23-7-5-22(6-8-23)11-16-14(3)21-25-15(16)4/h9-10H,5-8,11H2,1-4H3. The van der Waals surface area contributed by atoms with Gasteiger partial charge in [-0.15, -0.1) is 0 Å². The quantitative estimate of drug-likeness (QED) is 0.729. The van der Waals surface area contributed by atoms with Gasteiger partial charge in [-0.3, -0.25) is 4.90 Å². The lowest BCUT2D eigenvalue weighted by Gasteiger charge is -2.36. The van der Waals surface area contributed by atoms with E-state index >= 15 is 0 Å². The molecule has 0 radical (unpaired) electrons. The van der Waals surface area contributed by atoms with Crippen LogP contribution in [0, 0.1) is 27.7 Å². The first-order valence-corrected chi connectivity index (χ1v) is 8.74. The summed E-state index contributed by atoms with van der Waals surface area (Å²) < 4.78 is 7.25. The van der Waals surface area contributed by atoms with Crippen molar-refractivity contribution in [2.75, 3.05) is 31.1 Å². The molecule has 7 heteroatoms. The minimum Gasteiger partial charge on any atom is -0.361 e. The van der Waals surface area contributed by atoms with Crippen molar-refractivity contribution in [3.8, 4) is 0 Å². The van der Waals surface area contributed by atoms with Gasteiger partial charge in [0.05, 0.1) is 11.4 Å². The van der Waals surface area contributed by atoms with E-state index < -0.39 is 0 Å². The third-order valence-electron chi connectivity index (χ3n) is 4.92. The van der Waals surface area contributed by atoms with Gasteiger partial charge >= 0.3 is 0 Å².